The van der Waals surface area contributed by atoms with E-state index in [0.29, 0.717) is 19.5 Å². The third-order valence-corrected chi connectivity index (χ3v) is 6.87. The maximum Gasteiger partial charge on any atom is 0.254 e. The van der Waals surface area contributed by atoms with Crippen LogP contribution in [0.4, 0.5) is 10.2 Å². The average molecular weight is 492 g/mol. The van der Waals surface area contributed by atoms with Crippen molar-refractivity contribution in [1.82, 2.24) is 29.7 Å². The first-order valence-electron chi connectivity index (χ1n) is 11.8. The van der Waals surface area contributed by atoms with E-state index in [1.807, 2.05) is 29.2 Å². The zero-order valence-corrected chi connectivity index (χ0v) is 19.5. The molecule has 1 saturated heterocycles. The molecule has 186 valence electrons. The number of hydrogen-bond donors (Lipinski definition) is 2. The lowest BCUT2D eigenvalue weighted by Gasteiger charge is -2.43. The lowest BCUT2D eigenvalue weighted by molar-refractivity contribution is -0.117. The topological polar surface area (TPSA) is 148 Å². The summed E-state index contributed by atoms with van der Waals surface area (Å²) in [5, 5.41) is 24.7. The SMILES string of the molecule is N#CCC1(n2cc(C(N)=O)c(NC(=O)C3CC3)n2)CCN(Cc2ccc(-n3nccn3)cc2)CC1F. The number of carbonyl (C=O) groups is 2. The van der Waals surface area contributed by atoms with E-state index in [9.17, 15) is 14.9 Å². The van der Waals surface area contributed by atoms with E-state index in [2.05, 4.69) is 26.7 Å². The Balaban J connectivity index is 1.33. The van der Waals surface area contributed by atoms with Gasteiger partial charge in [0.15, 0.2) is 5.82 Å². The van der Waals surface area contributed by atoms with Gasteiger partial charge in [0.2, 0.25) is 5.91 Å². The second-order valence-electron chi connectivity index (χ2n) is 9.34. The number of benzene rings is 1. The standard InChI is InChI=1S/C24H26FN9O2/c25-20-15-32(13-16-1-5-18(6-2-16)34-28-10-11-29-34)12-8-24(20,7-9-26)33-14-19(21(27)35)22(31-33)30-23(36)17-3-4-17/h1-2,5-6,10-11,14,17,20H,3-4,7-8,12-13,15H2,(H2,27,35)(H,30,31,36). The molecular weight excluding hydrogens is 465 g/mol. The summed E-state index contributed by atoms with van der Waals surface area (Å²) in [6, 6.07) is 9.78. The number of likely N-dealkylation sites (tertiary alicyclic amines) is 1. The molecule has 0 spiro atoms. The van der Waals surface area contributed by atoms with Crippen molar-refractivity contribution in [3.8, 4) is 11.8 Å². The summed E-state index contributed by atoms with van der Waals surface area (Å²) in [6.45, 7) is 1.13. The van der Waals surface area contributed by atoms with Crippen LogP contribution < -0.4 is 11.1 Å². The Labute approximate surface area is 206 Å². The van der Waals surface area contributed by atoms with Crippen LogP contribution in [0.1, 0.15) is 41.6 Å². The first-order chi connectivity index (χ1) is 17.4. The molecule has 11 nitrogen and oxygen atoms in total. The Hall–Kier alpha value is -4.11. The summed E-state index contributed by atoms with van der Waals surface area (Å²) in [4.78, 5) is 27.8. The molecule has 2 amide bonds. The van der Waals surface area contributed by atoms with Crippen molar-refractivity contribution in [2.75, 3.05) is 18.4 Å². The van der Waals surface area contributed by atoms with E-state index in [1.165, 1.54) is 15.7 Å². The van der Waals surface area contributed by atoms with Gasteiger partial charge in [-0.3, -0.25) is 19.2 Å². The van der Waals surface area contributed by atoms with Gasteiger partial charge in [0, 0.05) is 31.7 Å². The van der Waals surface area contributed by atoms with Crippen LogP contribution in [0.15, 0.2) is 42.9 Å². The molecule has 0 radical (unpaired) electrons. The minimum absolute atomic E-state index is 0.00251. The van der Waals surface area contributed by atoms with E-state index >= 15 is 4.39 Å². The molecule has 0 bridgehead atoms. The molecule has 12 heteroatoms. The Morgan fingerprint density at radius 3 is 2.56 bits per heavy atom. The van der Waals surface area contributed by atoms with Crippen LogP contribution >= 0.6 is 0 Å². The molecule has 5 rings (SSSR count). The molecule has 1 aromatic carbocycles. The van der Waals surface area contributed by atoms with Crippen LogP contribution in [0.2, 0.25) is 0 Å². The first kappa shape index (κ1) is 23.6. The van der Waals surface area contributed by atoms with E-state index in [0.717, 1.165) is 24.1 Å². The predicted molar refractivity (Wildman–Crippen MR) is 126 cm³/mol. The van der Waals surface area contributed by atoms with Gasteiger partial charge in [-0.2, -0.15) is 25.4 Å². The summed E-state index contributed by atoms with van der Waals surface area (Å²) in [7, 11) is 0. The number of carbonyl (C=O) groups excluding carboxylic acids is 2. The highest BCUT2D eigenvalue weighted by Gasteiger charge is 2.47. The van der Waals surface area contributed by atoms with E-state index < -0.39 is 17.6 Å². The second-order valence-corrected chi connectivity index (χ2v) is 9.34. The normalized spacial score (nSPS) is 22.2. The Kier molecular flexibility index (Phi) is 6.24. The van der Waals surface area contributed by atoms with Crippen LogP contribution in [-0.4, -0.2) is 60.7 Å². The number of nitrogens with two attached hydrogens (primary N) is 1. The molecule has 3 aromatic rings. The van der Waals surface area contributed by atoms with Gasteiger partial charge in [0.25, 0.3) is 5.91 Å². The summed E-state index contributed by atoms with van der Waals surface area (Å²) < 4.78 is 17.2. The first-order valence-corrected chi connectivity index (χ1v) is 11.8. The van der Waals surface area contributed by atoms with Crippen LogP contribution in [0, 0.1) is 17.2 Å². The number of rotatable bonds is 8. The Morgan fingerprint density at radius 1 is 1.22 bits per heavy atom. The Bertz CT molecular complexity index is 1290. The van der Waals surface area contributed by atoms with Crippen LogP contribution in [0.25, 0.3) is 5.69 Å². The number of aromatic nitrogens is 5. The highest BCUT2D eigenvalue weighted by atomic mass is 19.1. The van der Waals surface area contributed by atoms with Gasteiger partial charge in [0.05, 0.1) is 30.6 Å². The number of hydrogen-bond acceptors (Lipinski definition) is 7. The van der Waals surface area contributed by atoms with Gasteiger partial charge in [-0.05, 0) is 37.0 Å². The molecular formula is C24H26FN9O2. The number of nitrogens with zero attached hydrogens (tertiary/aromatic N) is 7. The molecule has 2 aliphatic rings. The zero-order chi connectivity index (χ0) is 25.3. The molecule has 2 unspecified atom stereocenters. The molecule has 1 saturated carbocycles. The maximum absolute atomic E-state index is 15.8. The number of anilines is 1. The van der Waals surface area contributed by atoms with Crippen molar-refractivity contribution < 1.29 is 14.0 Å². The monoisotopic (exact) mass is 491 g/mol. The largest absolute Gasteiger partial charge is 0.365 e. The van der Waals surface area contributed by atoms with Crippen molar-refractivity contribution in [2.24, 2.45) is 11.7 Å². The number of amides is 2. The zero-order valence-electron chi connectivity index (χ0n) is 19.5. The highest BCUT2D eigenvalue weighted by molar-refractivity contribution is 6.02. The molecule has 1 aliphatic carbocycles. The van der Waals surface area contributed by atoms with Gasteiger partial charge in [-0.15, -0.1) is 0 Å². The number of nitriles is 1. The minimum Gasteiger partial charge on any atom is -0.365 e. The third-order valence-electron chi connectivity index (χ3n) is 6.87. The quantitative estimate of drug-likeness (QED) is 0.488. The molecule has 3 heterocycles. The lowest BCUT2D eigenvalue weighted by Crippen LogP contribution is -2.54. The van der Waals surface area contributed by atoms with E-state index in [1.54, 1.807) is 12.4 Å². The molecule has 2 atom stereocenters. The fraction of sp³-hybridized carbons (Fsp3) is 0.417. The summed E-state index contributed by atoms with van der Waals surface area (Å²) >= 11 is 0. The van der Waals surface area contributed by atoms with E-state index in [-0.39, 0.29) is 36.2 Å². The summed E-state index contributed by atoms with van der Waals surface area (Å²) in [5.74, 6) is -1.11. The minimum atomic E-state index is -1.44. The molecule has 1 aliphatic heterocycles. The highest BCUT2D eigenvalue weighted by Crippen LogP contribution is 2.37. The lowest BCUT2D eigenvalue weighted by atomic mass is 9.83. The second kappa shape index (κ2) is 9.50. The molecule has 3 N–H and O–H groups in total. The molecule has 36 heavy (non-hydrogen) atoms. The van der Waals surface area contributed by atoms with Crippen molar-refractivity contribution in [2.45, 2.75) is 43.9 Å². The van der Waals surface area contributed by atoms with Crippen LogP contribution in [-0.2, 0) is 16.9 Å². The maximum atomic E-state index is 15.8. The molecule has 2 aromatic heterocycles. The van der Waals surface area contributed by atoms with Crippen LogP contribution in [0.5, 0.6) is 0 Å². The van der Waals surface area contributed by atoms with Gasteiger partial charge in [-0.1, -0.05) is 12.1 Å². The smallest absolute Gasteiger partial charge is 0.254 e. The summed E-state index contributed by atoms with van der Waals surface area (Å²) in [5.41, 5.74) is 6.07. The number of nitrogens with one attached hydrogen (secondary N) is 1. The number of piperidine rings is 1. The average Bonchev–Trinajstić information content (AvgIpc) is 3.40. The fourth-order valence-corrected chi connectivity index (χ4v) is 4.60. The fourth-order valence-electron chi connectivity index (χ4n) is 4.60. The number of halogens is 1. The molecule has 2 fully saturated rings. The Morgan fingerprint density at radius 2 is 1.94 bits per heavy atom. The van der Waals surface area contributed by atoms with Gasteiger partial charge >= 0.3 is 0 Å². The number of primary amides is 1. The van der Waals surface area contributed by atoms with Crippen molar-refractivity contribution >= 4 is 17.6 Å². The van der Waals surface area contributed by atoms with Gasteiger partial charge < -0.3 is 11.1 Å². The van der Waals surface area contributed by atoms with Crippen molar-refractivity contribution in [1.29, 1.82) is 5.26 Å². The van der Waals surface area contributed by atoms with Crippen LogP contribution in [0.3, 0.4) is 0 Å². The number of alkyl halides is 1. The van der Waals surface area contributed by atoms with Crippen molar-refractivity contribution in [3.63, 3.8) is 0 Å². The third kappa shape index (κ3) is 4.57. The summed E-state index contributed by atoms with van der Waals surface area (Å²) in [6.07, 6.45) is 4.84. The predicted octanol–water partition coefficient (Wildman–Crippen LogP) is 1.76. The van der Waals surface area contributed by atoms with Crippen molar-refractivity contribution in [3.05, 3.63) is 54.0 Å². The van der Waals surface area contributed by atoms with Gasteiger partial charge in [-0.25, -0.2) is 4.39 Å². The van der Waals surface area contributed by atoms with Gasteiger partial charge in [0.1, 0.15) is 17.3 Å². The van der Waals surface area contributed by atoms with E-state index in [4.69, 9.17) is 5.73 Å².